The molecule has 0 spiro atoms. The van der Waals surface area contributed by atoms with E-state index in [-0.39, 0.29) is 23.8 Å². The van der Waals surface area contributed by atoms with Gasteiger partial charge in [0.05, 0.1) is 4.70 Å². The van der Waals surface area contributed by atoms with Gasteiger partial charge in [-0.2, -0.15) is 0 Å². The number of fused-ring (bicyclic) bond motifs is 1. The van der Waals surface area contributed by atoms with E-state index in [0.717, 1.165) is 6.07 Å². The van der Waals surface area contributed by atoms with Gasteiger partial charge in [-0.05, 0) is 18.2 Å². The minimum Gasteiger partial charge on any atom is -0.481 e. The molecule has 2 heterocycles. The Kier molecular flexibility index (Phi) is 5.08. The predicted molar refractivity (Wildman–Crippen MR) is 100 cm³/mol. The number of carbonyl (C=O) groups is 1. The molecule has 9 heteroatoms. The minimum atomic E-state index is -0.684. The van der Waals surface area contributed by atoms with E-state index in [1.54, 1.807) is 17.0 Å². The number of nitrogens with zero attached hydrogens (tertiary/aromatic N) is 3. The van der Waals surface area contributed by atoms with Crippen molar-refractivity contribution in [3.05, 3.63) is 53.8 Å². The lowest BCUT2D eigenvalue weighted by Crippen LogP contribution is -2.50. The quantitative estimate of drug-likeness (QED) is 0.665. The molecule has 3 aromatic rings. The second-order valence-corrected chi connectivity index (χ2v) is 7.33. The molecule has 0 radical (unpaired) electrons. The summed E-state index contributed by atoms with van der Waals surface area (Å²) in [4.78, 5) is 20.1. The summed E-state index contributed by atoms with van der Waals surface area (Å²) in [6.07, 6.45) is 0. The summed E-state index contributed by atoms with van der Waals surface area (Å²) >= 11 is 1.22. The van der Waals surface area contributed by atoms with Crippen LogP contribution in [0.1, 0.15) is 0 Å². The van der Waals surface area contributed by atoms with Gasteiger partial charge in [-0.3, -0.25) is 4.79 Å². The Hall–Kier alpha value is -2.81. The van der Waals surface area contributed by atoms with Crippen molar-refractivity contribution in [3.8, 4) is 5.75 Å². The molecule has 0 aliphatic carbocycles. The highest BCUT2D eigenvalue weighted by Gasteiger charge is 2.24. The molecule has 5 nitrogen and oxygen atoms in total. The molecular weight excluding hydrogens is 391 g/mol. The summed E-state index contributed by atoms with van der Waals surface area (Å²) in [5.74, 6) is -2.03. The smallest absolute Gasteiger partial charge is 0.260 e. The third-order valence-corrected chi connectivity index (χ3v) is 5.56. The van der Waals surface area contributed by atoms with Crippen molar-refractivity contribution in [2.45, 2.75) is 0 Å². The first-order valence-electron chi connectivity index (χ1n) is 8.67. The van der Waals surface area contributed by atoms with E-state index < -0.39 is 17.5 Å². The first-order chi connectivity index (χ1) is 13.5. The molecule has 1 saturated heterocycles. The van der Waals surface area contributed by atoms with Gasteiger partial charge in [-0.1, -0.05) is 23.5 Å². The highest BCUT2D eigenvalue weighted by atomic mass is 32.1. The van der Waals surface area contributed by atoms with Gasteiger partial charge >= 0.3 is 0 Å². The summed E-state index contributed by atoms with van der Waals surface area (Å²) in [5, 5.41) is 0.592. The number of hydrogen-bond acceptors (Lipinski definition) is 5. The van der Waals surface area contributed by atoms with E-state index in [1.165, 1.54) is 29.5 Å². The fraction of sp³-hybridized carbons (Fsp3) is 0.263. The molecule has 0 N–H and O–H groups in total. The maximum absolute atomic E-state index is 13.8. The van der Waals surface area contributed by atoms with Crippen LogP contribution in [-0.2, 0) is 4.79 Å². The summed E-state index contributed by atoms with van der Waals surface area (Å²) < 4.78 is 46.5. The average molecular weight is 407 g/mol. The van der Waals surface area contributed by atoms with Crippen molar-refractivity contribution in [1.82, 2.24) is 9.88 Å². The predicted octanol–water partition coefficient (Wildman–Crippen LogP) is 3.44. The molecule has 1 amide bonds. The molecule has 2 aromatic carbocycles. The van der Waals surface area contributed by atoms with Gasteiger partial charge in [-0.15, -0.1) is 0 Å². The number of amides is 1. The zero-order valence-corrected chi connectivity index (χ0v) is 15.5. The molecule has 1 aromatic heterocycles. The van der Waals surface area contributed by atoms with Crippen molar-refractivity contribution in [1.29, 1.82) is 0 Å². The van der Waals surface area contributed by atoms with Gasteiger partial charge in [0, 0.05) is 32.2 Å². The molecule has 0 unspecified atom stereocenters. The number of ether oxygens (including phenoxy) is 1. The van der Waals surface area contributed by atoms with Crippen LogP contribution in [0.4, 0.5) is 18.3 Å². The Labute approximate surface area is 163 Å². The van der Waals surface area contributed by atoms with E-state index >= 15 is 0 Å². The second kappa shape index (κ2) is 7.67. The van der Waals surface area contributed by atoms with Crippen LogP contribution in [0, 0.1) is 17.5 Å². The summed E-state index contributed by atoms with van der Waals surface area (Å²) in [7, 11) is 0. The van der Waals surface area contributed by atoms with Crippen LogP contribution in [0.3, 0.4) is 0 Å². The van der Waals surface area contributed by atoms with Crippen molar-refractivity contribution in [2.24, 2.45) is 0 Å². The minimum absolute atomic E-state index is 0.0400. The van der Waals surface area contributed by atoms with E-state index in [1.807, 2.05) is 4.90 Å². The number of carbonyl (C=O) groups excluding carboxylic acids is 1. The first kappa shape index (κ1) is 18.5. The number of piperazine rings is 1. The van der Waals surface area contributed by atoms with Crippen LogP contribution in [-0.4, -0.2) is 48.6 Å². The number of anilines is 1. The summed E-state index contributed by atoms with van der Waals surface area (Å²) in [5.41, 5.74) is 0.151. The van der Waals surface area contributed by atoms with Crippen LogP contribution < -0.4 is 9.64 Å². The summed E-state index contributed by atoms with van der Waals surface area (Å²) in [6.45, 7) is 1.65. The van der Waals surface area contributed by atoms with Gasteiger partial charge in [0.25, 0.3) is 5.91 Å². The fourth-order valence-corrected chi connectivity index (χ4v) is 4.08. The zero-order chi connectivity index (χ0) is 19.7. The lowest BCUT2D eigenvalue weighted by molar-refractivity contribution is -0.133. The molecule has 1 fully saturated rings. The topological polar surface area (TPSA) is 45.7 Å². The molecule has 4 rings (SSSR count). The molecule has 0 bridgehead atoms. The van der Waals surface area contributed by atoms with Crippen LogP contribution in [0.15, 0.2) is 36.4 Å². The van der Waals surface area contributed by atoms with Crippen molar-refractivity contribution >= 4 is 32.6 Å². The van der Waals surface area contributed by atoms with Gasteiger partial charge in [0.2, 0.25) is 0 Å². The number of halogens is 3. The molecule has 0 saturated carbocycles. The van der Waals surface area contributed by atoms with Crippen LogP contribution in [0.25, 0.3) is 10.2 Å². The first-order valence-corrected chi connectivity index (χ1v) is 9.48. The zero-order valence-electron chi connectivity index (χ0n) is 14.7. The maximum Gasteiger partial charge on any atom is 0.260 e. The maximum atomic E-state index is 13.8. The third-order valence-electron chi connectivity index (χ3n) is 4.49. The van der Waals surface area contributed by atoms with Crippen LogP contribution in [0.5, 0.6) is 5.75 Å². The van der Waals surface area contributed by atoms with Crippen LogP contribution in [0.2, 0.25) is 0 Å². The molecule has 1 aliphatic heterocycles. The fourth-order valence-electron chi connectivity index (χ4n) is 3.02. The lowest BCUT2D eigenvalue weighted by Gasteiger charge is -2.34. The molecule has 28 heavy (non-hydrogen) atoms. The number of para-hydroxylation sites is 1. The second-order valence-electron chi connectivity index (χ2n) is 6.32. The Bertz CT molecular complexity index is 1020. The number of benzene rings is 2. The van der Waals surface area contributed by atoms with E-state index in [4.69, 9.17) is 4.74 Å². The average Bonchev–Trinajstić information content (AvgIpc) is 3.11. The molecule has 146 valence electrons. The lowest BCUT2D eigenvalue weighted by atomic mass is 10.3. The monoisotopic (exact) mass is 407 g/mol. The Balaban J connectivity index is 1.36. The van der Waals surface area contributed by atoms with Crippen LogP contribution >= 0.6 is 11.3 Å². The van der Waals surface area contributed by atoms with Crippen molar-refractivity contribution in [3.63, 3.8) is 0 Å². The van der Waals surface area contributed by atoms with Crippen molar-refractivity contribution in [2.75, 3.05) is 37.7 Å². The molecule has 1 aliphatic rings. The van der Waals surface area contributed by atoms with Gasteiger partial charge in [0.1, 0.15) is 11.3 Å². The van der Waals surface area contributed by atoms with E-state index in [2.05, 4.69) is 4.98 Å². The highest BCUT2D eigenvalue weighted by molar-refractivity contribution is 7.22. The SMILES string of the molecule is O=C(COc1ccccc1F)N1CCN(c2nc3c(F)cc(F)cc3s2)CC1. The standard InChI is InChI=1S/C19H16F3N3O2S/c20-12-9-14(22)18-16(10-12)28-19(23-18)25-7-5-24(6-8-25)17(26)11-27-15-4-2-1-3-13(15)21/h1-4,9-10H,5-8,11H2. The molecule has 0 atom stereocenters. The van der Waals surface area contributed by atoms with E-state index in [0.29, 0.717) is 36.0 Å². The Morgan fingerprint density at radius 3 is 2.57 bits per heavy atom. The van der Waals surface area contributed by atoms with E-state index in [9.17, 15) is 18.0 Å². The Morgan fingerprint density at radius 1 is 1.07 bits per heavy atom. The molecular formula is C19H16F3N3O2S. The van der Waals surface area contributed by atoms with Gasteiger partial charge in [0.15, 0.2) is 29.1 Å². The largest absolute Gasteiger partial charge is 0.481 e. The number of aromatic nitrogens is 1. The van der Waals surface area contributed by atoms with Crippen molar-refractivity contribution < 1.29 is 22.7 Å². The normalized spacial score (nSPS) is 14.5. The number of thiazole rings is 1. The highest BCUT2D eigenvalue weighted by Crippen LogP contribution is 2.31. The Morgan fingerprint density at radius 2 is 1.82 bits per heavy atom. The summed E-state index contributed by atoms with van der Waals surface area (Å²) in [6, 6.07) is 8.00. The third kappa shape index (κ3) is 3.75. The van der Waals surface area contributed by atoms with Gasteiger partial charge in [-0.25, -0.2) is 18.2 Å². The number of hydrogen-bond donors (Lipinski definition) is 0. The number of rotatable bonds is 4. The van der Waals surface area contributed by atoms with Gasteiger partial charge < -0.3 is 14.5 Å².